The van der Waals surface area contributed by atoms with Crippen LogP contribution >= 0.6 is 0 Å². The minimum absolute atomic E-state index is 0.167. The number of halogens is 3. The van der Waals surface area contributed by atoms with Gasteiger partial charge in [0.05, 0.1) is 13.2 Å². The molecule has 7 heteroatoms. The number of nitrogens with zero attached hydrogens (tertiary/aromatic N) is 2. The minimum atomic E-state index is -4.64. The van der Waals surface area contributed by atoms with Crippen molar-refractivity contribution < 1.29 is 22.6 Å². The Kier molecular flexibility index (Phi) is 6.19. The number of piperidine rings is 1. The van der Waals surface area contributed by atoms with Crippen LogP contribution < -0.4 is 4.74 Å². The third kappa shape index (κ3) is 5.87. The first-order valence-electron chi connectivity index (χ1n) is 8.88. The SMILES string of the molecule is FC(F)(F)Oc1ccc(CN2CCCC[C@@H]2CN2CCOCC2)cc1. The average molecular weight is 358 g/mol. The summed E-state index contributed by atoms with van der Waals surface area (Å²) in [6.45, 7) is 6.40. The van der Waals surface area contributed by atoms with Crippen molar-refractivity contribution in [3.63, 3.8) is 0 Å². The quantitative estimate of drug-likeness (QED) is 0.807. The van der Waals surface area contributed by atoms with Gasteiger partial charge in [-0.15, -0.1) is 13.2 Å². The number of benzene rings is 1. The lowest BCUT2D eigenvalue weighted by Crippen LogP contribution is -2.49. The van der Waals surface area contributed by atoms with E-state index in [-0.39, 0.29) is 5.75 Å². The maximum atomic E-state index is 12.2. The molecule has 2 aliphatic heterocycles. The van der Waals surface area contributed by atoms with E-state index in [0.29, 0.717) is 6.04 Å². The summed E-state index contributed by atoms with van der Waals surface area (Å²) in [7, 11) is 0. The molecule has 0 unspecified atom stereocenters. The van der Waals surface area contributed by atoms with Crippen molar-refractivity contribution in [2.45, 2.75) is 38.2 Å². The van der Waals surface area contributed by atoms with Crippen LogP contribution in [0.4, 0.5) is 13.2 Å². The fourth-order valence-corrected chi connectivity index (χ4v) is 3.59. The molecule has 3 rings (SSSR count). The van der Waals surface area contributed by atoms with E-state index in [0.717, 1.165) is 51.5 Å². The van der Waals surface area contributed by atoms with E-state index in [4.69, 9.17) is 4.74 Å². The number of ether oxygens (including phenoxy) is 2. The zero-order chi connectivity index (χ0) is 17.7. The predicted molar refractivity (Wildman–Crippen MR) is 88.4 cm³/mol. The summed E-state index contributed by atoms with van der Waals surface area (Å²) >= 11 is 0. The first kappa shape index (κ1) is 18.5. The molecule has 25 heavy (non-hydrogen) atoms. The molecule has 0 N–H and O–H groups in total. The zero-order valence-electron chi connectivity index (χ0n) is 14.3. The van der Waals surface area contributed by atoms with Gasteiger partial charge >= 0.3 is 6.36 Å². The Labute approximate surface area is 146 Å². The second-order valence-corrected chi connectivity index (χ2v) is 6.72. The van der Waals surface area contributed by atoms with Gasteiger partial charge in [0, 0.05) is 32.2 Å². The molecular formula is C18H25F3N2O2. The number of hydrogen-bond donors (Lipinski definition) is 0. The van der Waals surface area contributed by atoms with Crippen LogP contribution in [0.2, 0.25) is 0 Å². The Hall–Kier alpha value is -1.31. The second kappa shape index (κ2) is 8.38. The Balaban J connectivity index is 1.57. The molecule has 2 fully saturated rings. The van der Waals surface area contributed by atoms with Crippen LogP contribution in [0.5, 0.6) is 5.75 Å². The standard InChI is InChI=1S/C18H25F3N2O2/c19-18(20,21)25-17-6-4-15(5-7-17)13-23-8-2-1-3-16(23)14-22-9-11-24-12-10-22/h4-7,16H,1-3,8-14H2/t16-/m1/s1. The Morgan fingerprint density at radius 2 is 1.76 bits per heavy atom. The van der Waals surface area contributed by atoms with E-state index in [1.54, 1.807) is 12.1 Å². The molecule has 1 atom stereocenters. The summed E-state index contributed by atoms with van der Waals surface area (Å²) < 4.78 is 46.1. The van der Waals surface area contributed by atoms with Gasteiger partial charge in [-0.1, -0.05) is 18.6 Å². The number of hydrogen-bond acceptors (Lipinski definition) is 4. The van der Waals surface area contributed by atoms with Crippen LogP contribution in [0, 0.1) is 0 Å². The number of alkyl halides is 3. The lowest BCUT2D eigenvalue weighted by atomic mass is 10.0. The fraction of sp³-hybridized carbons (Fsp3) is 0.667. The molecular weight excluding hydrogens is 333 g/mol. The first-order valence-corrected chi connectivity index (χ1v) is 8.88. The van der Waals surface area contributed by atoms with Gasteiger partial charge in [0.2, 0.25) is 0 Å². The average Bonchev–Trinajstić information content (AvgIpc) is 2.58. The summed E-state index contributed by atoms with van der Waals surface area (Å²) in [4.78, 5) is 4.91. The van der Waals surface area contributed by atoms with Crippen molar-refractivity contribution in [3.05, 3.63) is 29.8 Å². The maximum Gasteiger partial charge on any atom is 0.573 e. The van der Waals surface area contributed by atoms with Crippen LogP contribution in [0.25, 0.3) is 0 Å². The molecule has 0 aliphatic carbocycles. The van der Waals surface area contributed by atoms with E-state index in [9.17, 15) is 13.2 Å². The van der Waals surface area contributed by atoms with Crippen LogP contribution in [0.15, 0.2) is 24.3 Å². The molecule has 140 valence electrons. The number of rotatable bonds is 5. The number of likely N-dealkylation sites (tertiary alicyclic amines) is 1. The highest BCUT2D eigenvalue weighted by Gasteiger charge is 2.31. The molecule has 0 bridgehead atoms. The number of morpholine rings is 1. The molecule has 2 heterocycles. The van der Waals surface area contributed by atoms with E-state index in [1.165, 1.54) is 31.4 Å². The van der Waals surface area contributed by atoms with Crippen molar-refractivity contribution in [2.24, 2.45) is 0 Å². The fourth-order valence-electron chi connectivity index (χ4n) is 3.59. The zero-order valence-corrected chi connectivity index (χ0v) is 14.3. The Morgan fingerprint density at radius 3 is 2.44 bits per heavy atom. The molecule has 0 saturated carbocycles. The highest BCUT2D eigenvalue weighted by Crippen LogP contribution is 2.25. The van der Waals surface area contributed by atoms with Crippen molar-refractivity contribution in [1.29, 1.82) is 0 Å². The van der Waals surface area contributed by atoms with Gasteiger partial charge < -0.3 is 9.47 Å². The smallest absolute Gasteiger partial charge is 0.406 e. The van der Waals surface area contributed by atoms with Gasteiger partial charge in [-0.25, -0.2) is 0 Å². The van der Waals surface area contributed by atoms with Crippen molar-refractivity contribution in [2.75, 3.05) is 39.4 Å². The van der Waals surface area contributed by atoms with Gasteiger partial charge in [0.15, 0.2) is 0 Å². The van der Waals surface area contributed by atoms with Crippen LogP contribution in [-0.2, 0) is 11.3 Å². The van der Waals surface area contributed by atoms with E-state index in [1.807, 2.05) is 0 Å². The summed E-state index contributed by atoms with van der Waals surface area (Å²) in [6, 6.07) is 6.73. The van der Waals surface area contributed by atoms with Gasteiger partial charge in [-0.2, -0.15) is 0 Å². The lowest BCUT2D eigenvalue weighted by molar-refractivity contribution is -0.274. The van der Waals surface area contributed by atoms with E-state index >= 15 is 0 Å². The second-order valence-electron chi connectivity index (χ2n) is 6.72. The monoisotopic (exact) mass is 358 g/mol. The molecule has 2 saturated heterocycles. The van der Waals surface area contributed by atoms with Crippen LogP contribution in [0.1, 0.15) is 24.8 Å². The molecule has 1 aromatic carbocycles. The molecule has 0 aromatic heterocycles. The highest BCUT2D eigenvalue weighted by molar-refractivity contribution is 5.27. The van der Waals surface area contributed by atoms with Crippen LogP contribution in [0.3, 0.4) is 0 Å². The van der Waals surface area contributed by atoms with Gasteiger partial charge in [0.1, 0.15) is 5.75 Å². The molecule has 4 nitrogen and oxygen atoms in total. The first-order chi connectivity index (χ1) is 12.0. The topological polar surface area (TPSA) is 24.9 Å². The van der Waals surface area contributed by atoms with E-state index < -0.39 is 6.36 Å². The molecule has 0 radical (unpaired) electrons. The summed E-state index contributed by atoms with van der Waals surface area (Å²) in [5, 5.41) is 0. The normalized spacial score (nSPS) is 23.6. The minimum Gasteiger partial charge on any atom is -0.406 e. The molecule has 0 amide bonds. The summed E-state index contributed by atoms with van der Waals surface area (Å²) in [6.07, 6.45) is -1.05. The Morgan fingerprint density at radius 1 is 1.04 bits per heavy atom. The Bertz CT molecular complexity index is 530. The summed E-state index contributed by atoms with van der Waals surface area (Å²) in [5.41, 5.74) is 1.02. The molecule has 2 aliphatic rings. The third-order valence-electron chi connectivity index (χ3n) is 4.86. The highest BCUT2D eigenvalue weighted by atomic mass is 19.4. The van der Waals surface area contributed by atoms with Crippen molar-refractivity contribution in [1.82, 2.24) is 9.80 Å². The lowest BCUT2D eigenvalue weighted by Gasteiger charge is -2.39. The molecule has 1 aromatic rings. The van der Waals surface area contributed by atoms with Gasteiger partial charge in [-0.3, -0.25) is 9.80 Å². The maximum absolute atomic E-state index is 12.2. The summed E-state index contributed by atoms with van der Waals surface area (Å²) in [5.74, 6) is -0.167. The van der Waals surface area contributed by atoms with Gasteiger partial charge in [-0.05, 0) is 37.1 Å². The third-order valence-corrected chi connectivity index (χ3v) is 4.86. The van der Waals surface area contributed by atoms with E-state index in [2.05, 4.69) is 14.5 Å². The van der Waals surface area contributed by atoms with Gasteiger partial charge in [0.25, 0.3) is 0 Å². The molecule has 0 spiro atoms. The van der Waals surface area contributed by atoms with Crippen molar-refractivity contribution >= 4 is 0 Å². The van der Waals surface area contributed by atoms with Crippen molar-refractivity contribution in [3.8, 4) is 5.75 Å². The largest absolute Gasteiger partial charge is 0.573 e. The predicted octanol–water partition coefficient (Wildman–Crippen LogP) is 3.27. The van der Waals surface area contributed by atoms with Crippen LogP contribution in [-0.4, -0.2) is 61.6 Å².